The summed E-state index contributed by atoms with van der Waals surface area (Å²) in [6.45, 7) is 2.41. The number of rotatable bonds is 5. The van der Waals surface area contributed by atoms with Crippen LogP contribution in [-0.2, 0) is 14.8 Å². The van der Waals surface area contributed by atoms with Gasteiger partial charge in [-0.3, -0.25) is 9.78 Å². The molecule has 1 aliphatic heterocycles. The molecule has 9 heteroatoms. The first-order valence-corrected chi connectivity index (χ1v) is 11.3. The van der Waals surface area contributed by atoms with Crippen LogP contribution in [0.15, 0.2) is 71.9 Å². The number of para-hydroxylation sites is 1. The summed E-state index contributed by atoms with van der Waals surface area (Å²) in [7, 11) is -2.35. The van der Waals surface area contributed by atoms with E-state index in [1.165, 1.54) is 7.05 Å². The molecule has 0 atom stereocenters. The second-order valence-corrected chi connectivity index (χ2v) is 9.33. The van der Waals surface area contributed by atoms with Gasteiger partial charge in [0, 0.05) is 62.1 Å². The summed E-state index contributed by atoms with van der Waals surface area (Å²) < 4.78 is 27.4. The van der Waals surface area contributed by atoms with Crippen molar-refractivity contribution in [2.45, 2.75) is 4.90 Å². The number of hydrogen-bond donors (Lipinski definition) is 0. The van der Waals surface area contributed by atoms with E-state index in [1.807, 2.05) is 24.3 Å². The number of halogens is 1. The second kappa shape index (κ2) is 9.64. The minimum absolute atomic E-state index is 0. The highest BCUT2D eigenvalue weighted by atomic mass is 35.5. The van der Waals surface area contributed by atoms with E-state index >= 15 is 0 Å². The fourth-order valence-corrected chi connectivity index (χ4v) is 5.04. The van der Waals surface area contributed by atoms with Gasteiger partial charge in [0.15, 0.2) is 0 Å². The average Bonchev–Trinajstić information content (AvgIpc) is 2.79. The summed E-state index contributed by atoms with van der Waals surface area (Å²) in [5.41, 5.74) is 1.13. The van der Waals surface area contributed by atoms with Crippen molar-refractivity contribution in [2.75, 3.05) is 44.7 Å². The van der Waals surface area contributed by atoms with Gasteiger partial charge in [-0.15, -0.1) is 12.4 Å². The minimum Gasteiger partial charge on any atom is -0.368 e. The van der Waals surface area contributed by atoms with E-state index in [4.69, 9.17) is 0 Å². The molecule has 4 rings (SSSR count). The van der Waals surface area contributed by atoms with Gasteiger partial charge in [-0.25, -0.2) is 8.42 Å². The first-order chi connectivity index (χ1) is 14.5. The molecule has 1 fully saturated rings. The monoisotopic (exact) mass is 460 g/mol. The molecule has 0 N–H and O–H groups in total. The Morgan fingerprint density at radius 2 is 1.71 bits per heavy atom. The number of carbonyl (C=O) groups is 1. The Balaban J connectivity index is 0.00000272. The van der Waals surface area contributed by atoms with Crippen molar-refractivity contribution in [3.63, 3.8) is 0 Å². The number of pyridine rings is 1. The topological polar surface area (TPSA) is 73.8 Å². The first kappa shape index (κ1) is 23.0. The summed E-state index contributed by atoms with van der Waals surface area (Å²) in [4.78, 5) is 21.0. The molecule has 7 nitrogen and oxygen atoms in total. The number of likely N-dealkylation sites (N-methyl/N-ethyl adjacent to an activating group) is 1. The Morgan fingerprint density at radius 3 is 2.42 bits per heavy atom. The van der Waals surface area contributed by atoms with Crippen molar-refractivity contribution >= 4 is 44.8 Å². The summed E-state index contributed by atoms with van der Waals surface area (Å²) in [5.74, 6) is -0.185. The number of sulfonamides is 1. The van der Waals surface area contributed by atoms with Crippen LogP contribution in [0.2, 0.25) is 0 Å². The van der Waals surface area contributed by atoms with Gasteiger partial charge >= 0.3 is 0 Å². The molecule has 1 aromatic heterocycles. The molecule has 2 heterocycles. The number of aromatic nitrogens is 1. The predicted octanol–water partition coefficient (Wildman–Crippen LogP) is 2.63. The molecule has 0 saturated carbocycles. The molecule has 0 spiro atoms. The predicted molar refractivity (Wildman–Crippen MR) is 124 cm³/mol. The van der Waals surface area contributed by atoms with Crippen molar-refractivity contribution < 1.29 is 13.2 Å². The highest BCUT2D eigenvalue weighted by molar-refractivity contribution is 7.89. The molecule has 1 amide bonds. The van der Waals surface area contributed by atoms with Crippen LogP contribution in [0.1, 0.15) is 0 Å². The standard InChI is InChI=1S/C22H24N4O3S.ClH/c1-24(30(28,29)21-9-5-6-18-16-23-11-10-20(18)21)17-22(27)26-14-12-25(13-15-26)19-7-3-2-4-8-19;/h2-11,16H,12-15,17H2,1H3;1H. The number of amides is 1. The fourth-order valence-electron chi connectivity index (χ4n) is 3.71. The van der Waals surface area contributed by atoms with Gasteiger partial charge in [-0.05, 0) is 24.3 Å². The molecular formula is C22H25ClN4O3S. The third-order valence-corrected chi connectivity index (χ3v) is 7.30. The molecule has 164 valence electrons. The van der Waals surface area contributed by atoms with Crippen LogP contribution in [0.4, 0.5) is 5.69 Å². The van der Waals surface area contributed by atoms with Crippen molar-refractivity contribution in [2.24, 2.45) is 0 Å². The smallest absolute Gasteiger partial charge is 0.243 e. The van der Waals surface area contributed by atoms with E-state index in [0.717, 1.165) is 28.5 Å². The lowest BCUT2D eigenvalue weighted by Crippen LogP contribution is -2.51. The number of nitrogens with zero attached hydrogens (tertiary/aromatic N) is 4. The Hall–Kier alpha value is -2.68. The lowest BCUT2D eigenvalue weighted by atomic mass is 10.2. The van der Waals surface area contributed by atoms with Crippen molar-refractivity contribution in [1.82, 2.24) is 14.2 Å². The number of piperazine rings is 1. The van der Waals surface area contributed by atoms with E-state index in [2.05, 4.69) is 22.0 Å². The number of hydrogen-bond acceptors (Lipinski definition) is 5. The Morgan fingerprint density at radius 1 is 1.00 bits per heavy atom. The van der Waals surface area contributed by atoms with Crippen molar-refractivity contribution in [3.05, 3.63) is 67.0 Å². The van der Waals surface area contributed by atoms with Gasteiger partial charge in [-0.1, -0.05) is 30.3 Å². The van der Waals surface area contributed by atoms with Gasteiger partial charge in [0.25, 0.3) is 0 Å². The second-order valence-electron chi connectivity index (χ2n) is 7.32. The number of anilines is 1. The summed E-state index contributed by atoms with van der Waals surface area (Å²) in [5, 5.41) is 1.35. The van der Waals surface area contributed by atoms with Crippen molar-refractivity contribution in [1.29, 1.82) is 0 Å². The van der Waals surface area contributed by atoms with Crippen molar-refractivity contribution in [3.8, 4) is 0 Å². The van der Waals surface area contributed by atoms with Gasteiger partial charge in [0.1, 0.15) is 0 Å². The highest BCUT2D eigenvalue weighted by Crippen LogP contribution is 2.24. The van der Waals surface area contributed by atoms with Gasteiger partial charge < -0.3 is 9.80 Å². The molecule has 0 radical (unpaired) electrons. The fraction of sp³-hybridized carbons (Fsp3) is 0.273. The third-order valence-electron chi connectivity index (χ3n) is 5.44. The summed E-state index contributed by atoms with van der Waals surface area (Å²) in [6, 6.07) is 16.8. The maximum atomic E-state index is 13.1. The lowest BCUT2D eigenvalue weighted by Gasteiger charge is -2.36. The van der Waals surface area contributed by atoms with Gasteiger partial charge in [0.2, 0.25) is 15.9 Å². The minimum atomic E-state index is -3.81. The Kier molecular flexibility index (Phi) is 7.15. The van der Waals surface area contributed by atoms with Crippen LogP contribution in [0.5, 0.6) is 0 Å². The van der Waals surface area contributed by atoms with E-state index in [1.54, 1.807) is 35.5 Å². The molecule has 2 aromatic carbocycles. The van der Waals surface area contributed by atoms with Crippen LogP contribution in [0, 0.1) is 0 Å². The van der Waals surface area contributed by atoms with Crippen LogP contribution in [0.3, 0.4) is 0 Å². The zero-order valence-electron chi connectivity index (χ0n) is 17.2. The number of fused-ring (bicyclic) bond motifs is 1. The lowest BCUT2D eigenvalue weighted by molar-refractivity contribution is -0.131. The molecule has 1 aliphatic rings. The van der Waals surface area contributed by atoms with E-state index in [0.29, 0.717) is 18.5 Å². The average molecular weight is 461 g/mol. The summed E-state index contributed by atoms with van der Waals surface area (Å²) in [6.07, 6.45) is 3.20. The Labute approximate surface area is 188 Å². The molecule has 31 heavy (non-hydrogen) atoms. The maximum Gasteiger partial charge on any atom is 0.243 e. The summed E-state index contributed by atoms with van der Waals surface area (Å²) >= 11 is 0. The number of carbonyl (C=O) groups excluding carboxylic acids is 1. The third kappa shape index (κ3) is 4.81. The zero-order chi connectivity index (χ0) is 21.1. The van der Waals surface area contributed by atoms with Crippen LogP contribution in [-0.4, -0.2) is 68.3 Å². The van der Waals surface area contributed by atoms with Gasteiger partial charge in [0.05, 0.1) is 11.4 Å². The quantitative estimate of drug-likeness (QED) is 0.585. The van der Waals surface area contributed by atoms with Crippen LogP contribution >= 0.6 is 12.4 Å². The van der Waals surface area contributed by atoms with Gasteiger partial charge in [-0.2, -0.15) is 4.31 Å². The number of benzene rings is 2. The van der Waals surface area contributed by atoms with E-state index in [9.17, 15) is 13.2 Å². The van der Waals surface area contributed by atoms with E-state index < -0.39 is 10.0 Å². The van der Waals surface area contributed by atoms with E-state index in [-0.39, 0.29) is 29.8 Å². The van der Waals surface area contributed by atoms with Crippen LogP contribution < -0.4 is 4.90 Å². The first-order valence-electron chi connectivity index (χ1n) is 9.84. The highest BCUT2D eigenvalue weighted by Gasteiger charge is 2.28. The zero-order valence-corrected chi connectivity index (χ0v) is 18.8. The largest absolute Gasteiger partial charge is 0.368 e. The maximum absolute atomic E-state index is 13.1. The molecule has 0 unspecified atom stereocenters. The SMILES string of the molecule is CN(CC(=O)N1CCN(c2ccccc2)CC1)S(=O)(=O)c1cccc2cnccc12.Cl. The molecule has 1 saturated heterocycles. The van der Waals surface area contributed by atoms with Crippen LogP contribution in [0.25, 0.3) is 10.8 Å². The molecular weight excluding hydrogens is 436 g/mol. The molecule has 0 bridgehead atoms. The molecule has 3 aromatic rings. The molecule has 0 aliphatic carbocycles. The Bertz CT molecular complexity index is 1140. The normalized spacial score (nSPS) is 14.5.